The summed E-state index contributed by atoms with van der Waals surface area (Å²) in [7, 11) is 0. The van der Waals surface area contributed by atoms with Gasteiger partial charge in [0, 0.05) is 19.6 Å². The molecule has 0 atom stereocenters. The predicted molar refractivity (Wildman–Crippen MR) is 50.2 cm³/mol. The van der Waals surface area contributed by atoms with Crippen LogP contribution in [0.3, 0.4) is 0 Å². The Labute approximate surface area is 77.8 Å². The fourth-order valence-corrected chi connectivity index (χ4v) is 1.66. The van der Waals surface area contributed by atoms with E-state index in [1.54, 1.807) is 11.3 Å². The predicted octanol–water partition coefficient (Wildman–Crippen LogP) is 1.85. The van der Waals surface area contributed by atoms with Gasteiger partial charge in [0.05, 0.1) is 5.38 Å². The maximum Gasteiger partial charge on any atom is 0.224 e. The normalized spacial score (nSPS) is 10.4. The molecule has 0 aliphatic carbocycles. The third kappa shape index (κ3) is 3.83. The number of thiazole rings is 1. The minimum Gasteiger partial charge on any atom is -0.382 e. The van der Waals surface area contributed by atoms with Crippen molar-refractivity contribution in [1.29, 1.82) is 0 Å². The minimum absolute atomic E-state index is 0.839. The Morgan fingerprint density at radius 3 is 3.00 bits per heavy atom. The van der Waals surface area contributed by atoms with E-state index >= 15 is 0 Å². The van der Waals surface area contributed by atoms with Gasteiger partial charge >= 0.3 is 0 Å². The number of rotatable bonds is 6. The average molecular weight is 186 g/mol. The smallest absolute Gasteiger partial charge is 0.224 e. The van der Waals surface area contributed by atoms with Gasteiger partial charge in [-0.3, -0.25) is 0 Å². The number of aryl methyl sites for hydroxylation is 1. The van der Waals surface area contributed by atoms with Gasteiger partial charge in [-0.1, -0.05) is 11.3 Å². The molecule has 0 aromatic carbocycles. The van der Waals surface area contributed by atoms with E-state index in [1.807, 2.05) is 6.92 Å². The van der Waals surface area contributed by atoms with Crippen LogP contribution in [-0.4, -0.2) is 13.2 Å². The van der Waals surface area contributed by atoms with Gasteiger partial charge in [0.25, 0.3) is 0 Å². The Bertz CT molecular complexity index is 186. The molecule has 1 heterocycles. The number of unbranched alkanes of at least 4 members (excludes halogenated alkanes) is 1. The van der Waals surface area contributed by atoms with Crippen molar-refractivity contribution in [1.82, 2.24) is 0 Å². The highest BCUT2D eigenvalue weighted by atomic mass is 32.1. The van der Waals surface area contributed by atoms with E-state index in [4.69, 9.17) is 4.74 Å². The summed E-state index contributed by atoms with van der Waals surface area (Å²) in [6, 6.07) is 0. The van der Waals surface area contributed by atoms with E-state index in [0.29, 0.717) is 0 Å². The molecular weight excluding hydrogens is 170 g/mol. The van der Waals surface area contributed by atoms with Gasteiger partial charge in [-0.25, -0.2) is 0 Å². The molecule has 0 aliphatic rings. The van der Waals surface area contributed by atoms with Crippen molar-refractivity contribution in [3.8, 4) is 0 Å². The zero-order valence-electron chi connectivity index (χ0n) is 7.53. The first-order valence-electron chi connectivity index (χ1n) is 4.42. The molecule has 1 rings (SSSR count). The molecular formula is C9H16NOS+. The van der Waals surface area contributed by atoms with E-state index in [1.165, 1.54) is 6.42 Å². The Kier molecular flexibility index (Phi) is 4.95. The molecule has 0 radical (unpaired) electrons. The van der Waals surface area contributed by atoms with Crippen molar-refractivity contribution in [3.05, 3.63) is 17.1 Å². The van der Waals surface area contributed by atoms with E-state index in [2.05, 4.69) is 21.7 Å². The van der Waals surface area contributed by atoms with Crippen molar-refractivity contribution in [2.75, 3.05) is 13.2 Å². The number of ether oxygens (including phenoxy) is 1. The molecule has 3 heteroatoms. The number of aromatic nitrogens is 1. The standard InChI is InChI=1S/C9H16NOS/c1-2-11-7-4-3-5-10-6-8-12-9-10/h6,8-9H,2-5,7H2,1H3/q+1. The third-order valence-corrected chi connectivity index (χ3v) is 2.36. The summed E-state index contributed by atoms with van der Waals surface area (Å²) in [6.45, 7) is 4.90. The first-order valence-corrected chi connectivity index (χ1v) is 5.36. The summed E-state index contributed by atoms with van der Waals surface area (Å²) in [5, 5.41) is 2.10. The van der Waals surface area contributed by atoms with Gasteiger partial charge < -0.3 is 4.74 Å². The highest BCUT2D eigenvalue weighted by Gasteiger charge is 1.98. The van der Waals surface area contributed by atoms with Crippen molar-refractivity contribution >= 4 is 11.3 Å². The van der Waals surface area contributed by atoms with Crippen LogP contribution in [0.5, 0.6) is 0 Å². The van der Waals surface area contributed by atoms with Crippen LogP contribution >= 0.6 is 11.3 Å². The fraction of sp³-hybridized carbons (Fsp3) is 0.667. The first-order chi connectivity index (χ1) is 5.93. The van der Waals surface area contributed by atoms with Crippen molar-refractivity contribution in [2.24, 2.45) is 0 Å². The topological polar surface area (TPSA) is 13.1 Å². The SMILES string of the molecule is CCOCCCC[n+]1ccsc1. The van der Waals surface area contributed by atoms with Crippen LogP contribution < -0.4 is 4.57 Å². The molecule has 1 aromatic rings. The number of nitrogens with zero attached hydrogens (tertiary/aromatic N) is 1. The second kappa shape index (κ2) is 6.14. The molecule has 0 N–H and O–H groups in total. The van der Waals surface area contributed by atoms with Crippen LogP contribution in [0.4, 0.5) is 0 Å². The molecule has 12 heavy (non-hydrogen) atoms. The summed E-state index contributed by atoms with van der Waals surface area (Å²) in [5.74, 6) is 0. The van der Waals surface area contributed by atoms with Crippen LogP contribution in [0, 0.1) is 0 Å². The molecule has 0 bridgehead atoms. The Morgan fingerprint density at radius 2 is 2.33 bits per heavy atom. The van der Waals surface area contributed by atoms with Gasteiger partial charge in [0.1, 0.15) is 6.54 Å². The molecule has 0 saturated carbocycles. The van der Waals surface area contributed by atoms with Gasteiger partial charge in [0.2, 0.25) is 5.51 Å². The quantitative estimate of drug-likeness (QED) is 0.488. The van der Waals surface area contributed by atoms with E-state index in [0.717, 1.165) is 26.2 Å². The second-order valence-corrected chi connectivity index (χ2v) is 3.42. The fourth-order valence-electron chi connectivity index (χ4n) is 1.03. The van der Waals surface area contributed by atoms with Gasteiger partial charge in [-0.15, -0.1) is 0 Å². The van der Waals surface area contributed by atoms with Crippen LogP contribution in [0.25, 0.3) is 0 Å². The molecule has 0 unspecified atom stereocenters. The zero-order valence-corrected chi connectivity index (χ0v) is 8.35. The lowest BCUT2D eigenvalue weighted by Crippen LogP contribution is -2.29. The number of hydrogen-bond donors (Lipinski definition) is 0. The largest absolute Gasteiger partial charge is 0.382 e. The van der Waals surface area contributed by atoms with Crippen molar-refractivity contribution in [2.45, 2.75) is 26.3 Å². The van der Waals surface area contributed by atoms with E-state index in [-0.39, 0.29) is 0 Å². The van der Waals surface area contributed by atoms with Crippen LogP contribution in [-0.2, 0) is 11.3 Å². The average Bonchev–Trinajstić information content (AvgIpc) is 2.57. The number of hydrogen-bond acceptors (Lipinski definition) is 2. The van der Waals surface area contributed by atoms with Gasteiger partial charge in [0.15, 0.2) is 6.20 Å². The zero-order chi connectivity index (χ0) is 8.65. The van der Waals surface area contributed by atoms with E-state index in [9.17, 15) is 0 Å². The molecule has 68 valence electrons. The summed E-state index contributed by atoms with van der Waals surface area (Å²) in [6.07, 6.45) is 4.49. The molecule has 0 saturated heterocycles. The van der Waals surface area contributed by atoms with Crippen LogP contribution in [0.2, 0.25) is 0 Å². The summed E-state index contributed by atoms with van der Waals surface area (Å²) in [5.41, 5.74) is 2.14. The third-order valence-electron chi connectivity index (χ3n) is 1.69. The first kappa shape index (κ1) is 9.68. The second-order valence-electron chi connectivity index (χ2n) is 2.67. The molecule has 0 amide bonds. The highest BCUT2D eigenvalue weighted by Crippen LogP contribution is 1.93. The lowest BCUT2D eigenvalue weighted by molar-refractivity contribution is -0.692. The summed E-state index contributed by atoms with van der Waals surface area (Å²) in [4.78, 5) is 0. The molecule has 0 aliphatic heterocycles. The minimum atomic E-state index is 0.839. The highest BCUT2D eigenvalue weighted by molar-refractivity contribution is 7.07. The molecule has 0 fully saturated rings. The van der Waals surface area contributed by atoms with E-state index < -0.39 is 0 Å². The summed E-state index contributed by atoms with van der Waals surface area (Å²) < 4.78 is 7.47. The van der Waals surface area contributed by atoms with Crippen molar-refractivity contribution in [3.63, 3.8) is 0 Å². The Hall–Kier alpha value is -0.410. The molecule has 0 spiro atoms. The maximum atomic E-state index is 5.25. The lowest BCUT2D eigenvalue weighted by Gasteiger charge is -1.97. The van der Waals surface area contributed by atoms with Crippen LogP contribution in [0.15, 0.2) is 17.1 Å². The summed E-state index contributed by atoms with van der Waals surface area (Å²) >= 11 is 1.74. The van der Waals surface area contributed by atoms with Crippen molar-refractivity contribution < 1.29 is 9.30 Å². The molecule has 2 nitrogen and oxygen atoms in total. The molecule has 1 aromatic heterocycles. The Balaban J connectivity index is 1.96. The van der Waals surface area contributed by atoms with Gasteiger partial charge in [-0.05, 0) is 13.3 Å². The monoisotopic (exact) mass is 186 g/mol. The lowest BCUT2D eigenvalue weighted by atomic mass is 10.3. The van der Waals surface area contributed by atoms with Gasteiger partial charge in [-0.2, -0.15) is 4.57 Å². The Morgan fingerprint density at radius 1 is 1.42 bits per heavy atom. The maximum absolute atomic E-state index is 5.25. The van der Waals surface area contributed by atoms with Crippen LogP contribution in [0.1, 0.15) is 19.8 Å².